The van der Waals surface area contributed by atoms with Crippen LogP contribution >= 0.6 is 0 Å². The van der Waals surface area contributed by atoms with Gasteiger partial charge in [-0.1, -0.05) is 30.3 Å². The highest BCUT2D eigenvalue weighted by atomic mass is 16.5. The summed E-state index contributed by atoms with van der Waals surface area (Å²) in [6.07, 6.45) is 0. The predicted molar refractivity (Wildman–Crippen MR) is 108 cm³/mol. The first-order valence-corrected chi connectivity index (χ1v) is 8.73. The van der Waals surface area contributed by atoms with Crippen LogP contribution in [0.2, 0.25) is 0 Å². The molecule has 1 heterocycles. The van der Waals surface area contributed by atoms with E-state index in [4.69, 9.17) is 14.6 Å². The van der Waals surface area contributed by atoms with Crippen molar-refractivity contribution in [3.8, 4) is 39.7 Å². The summed E-state index contributed by atoms with van der Waals surface area (Å²) in [6.45, 7) is 0. The summed E-state index contributed by atoms with van der Waals surface area (Å²) in [4.78, 5) is 0. The molecule has 0 saturated carbocycles. The van der Waals surface area contributed by atoms with Crippen LogP contribution in [0.4, 0.5) is 0 Å². The minimum absolute atomic E-state index is 0.820. The van der Waals surface area contributed by atoms with Crippen LogP contribution < -0.4 is 9.47 Å². The lowest BCUT2D eigenvalue weighted by Gasteiger charge is -2.09. The topological polar surface area (TPSA) is 36.3 Å². The van der Waals surface area contributed by atoms with E-state index in [1.165, 1.54) is 0 Å². The molecule has 0 radical (unpaired) electrons. The Morgan fingerprint density at radius 2 is 1.26 bits per heavy atom. The first-order chi connectivity index (χ1) is 13.3. The van der Waals surface area contributed by atoms with E-state index in [0.29, 0.717) is 0 Å². The van der Waals surface area contributed by atoms with E-state index in [9.17, 15) is 0 Å². The normalized spacial score (nSPS) is 10.6. The van der Waals surface area contributed by atoms with Crippen molar-refractivity contribution in [3.63, 3.8) is 0 Å². The highest BCUT2D eigenvalue weighted by molar-refractivity contribution is 5.71. The molecule has 3 aromatic carbocycles. The SMILES string of the molecule is COc1ccc(-c2cc(-c3ccccc3)nn2-c2ccc(OC)cc2)cc1. The number of benzene rings is 3. The van der Waals surface area contributed by atoms with Crippen molar-refractivity contribution in [1.29, 1.82) is 0 Å². The molecule has 4 aromatic rings. The van der Waals surface area contributed by atoms with E-state index in [1.807, 2.05) is 71.4 Å². The minimum atomic E-state index is 0.820. The molecule has 4 nitrogen and oxygen atoms in total. The lowest BCUT2D eigenvalue weighted by molar-refractivity contribution is 0.414. The molecule has 0 fully saturated rings. The highest BCUT2D eigenvalue weighted by Gasteiger charge is 2.13. The molecule has 0 N–H and O–H groups in total. The fourth-order valence-corrected chi connectivity index (χ4v) is 3.02. The van der Waals surface area contributed by atoms with Gasteiger partial charge in [-0.2, -0.15) is 5.10 Å². The zero-order valence-electron chi connectivity index (χ0n) is 15.3. The van der Waals surface area contributed by atoms with Gasteiger partial charge in [0.25, 0.3) is 0 Å². The van der Waals surface area contributed by atoms with Crippen molar-refractivity contribution < 1.29 is 9.47 Å². The van der Waals surface area contributed by atoms with Crippen molar-refractivity contribution in [2.24, 2.45) is 0 Å². The number of methoxy groups -OCH3 is 2. The van der Waals surface area contributed by atoms with Gasteiger partial charge in [-0.05, 0) is 54.6 Å². The van der Waals surface area contributed by atoms with Crippen molar-refractivity contribution in [2.45, 2.75) is 0 Å². The zero-order valence-corrected chi connectivity index (χ0v) is 15.3. The monoisotopic (exact) mass is 356 g/mol. The third-order valence-electron chi connectivity index (χ3n) is 4.48. The van der Waals surface area contributed by atoms with Crippen molar-refractivity contribution in [1.82, 2.24) is 9.78 Å². The maximum atomic E-state index is 5.28. The molecule has 27 heavy (non-hydrogen) atoms. The quantitative estimate of drug-likeness (QED) is 0.492. The number of aromatic nitrogens is 2. The van der Waals surface area contributed by atoms with Crippen molar-refractivity contribution in [3.05, 3.63) is 84.9 Å². The molecule has 4 rings (SSSR count). The number of hydrogen-bond acceptors (Lipinski definition) is 3. The van der Waals surface area contributed by atoms with Crippen molar-refractivity contribution >= 4 is 0 Å². The van der Waals surface area contributed by atoms with Crippen molar-refractivity contribution in [2.75, 3.05) is 14.2 Å². The second-order valence-electron chi connectivity index (χ2n) is 6.12. The number of rotatable bonds is 5. The van der Waals surface area contributed by atoms with Gasteiger partial charge in [0.1, 0.15) is 11.5 Å². The Kier molecular flexibility index (Phi) is 4.62. The molecule has 134 valence electrons. The van der Waals surface area contributed by atoms with Crippen LogP contribution in [0.25, 0.3) is 28.2 Å². The summed E-state index contributed by atoms with van der Waals surface area (Å²) in [5, 5.41) is 4.87. The van der Waals surface area contributed by atoms with E-state index in [-0.39, 0.29) is 0 Å². The van der Waals surface area contributed by atoms with Crippen LogP contribution in [0.1, 0.15) is 0 Å². The summed E-state index contributed by atoms with van der Waals surface area (Å²) in [5.41, 5.74) is 5.07. The largest absolute Gasteiger partial charge is 0.497 e. The van der Waals surface area contributed by atoms with E-state index >= 15 is 0 Å². The lowest BCUT2D eigenvalue weighted by atomic mass is 10.1. The van der Waals surface area contributed by atoms with Crippen LogP contribution in [0.15, 0.2) is 84.9 Å². The molecular formula is C23H20N2O2. The maximum Gasteiger partial charge on any atom is 0.119 e. The summed E-state index contributed by atoms with van der Waals surface area (Å²) in [7, 11) is 3.34. The molecule has 1 aromatic heterocycles. The molecule has 0 aliphatic heterocycles. The standard InChI is InChI=1S/C23H20N2O2/c1-26-20-12-8-18(9-13-20)23-16-22(17-6-4-3-5-7-17)24-25(23)19-10-14-21(27-2)15-11-19/h3-16H,1-2H3. The van der Waals surface area contributed by atoms with E-state index in [1.54, 1.807) is 14.2 Å². The van der Waals surface area contributed by atoms with Crippen LogP contribution in [0.5, 0.6) is 11.5 Å². The average Bonchev–Trinajstić information content (AvgIpc) is 3.20. The van der Waals surface area contributed by atoms with Gasteiger partial charge in [-0.3, -0.25) is 0 Å². The molecule has 0 amide bonds. The Bertz CT molecular complexity index is 955. The van der Waals surface area contributed by atoms with Crippen LogP contribution in [0.3, 0.4) is 0 Å². The first-order valence-electron chi connectivity index (χ1n) is 8.73. The van der Waals surface area contributed by atoms with Gasteiger partial charge in [-0.25, -0.2) is 4.68 Å². The average molecular weight is 356 g/mol. The number of ether oxygens (including phenoxy) is 2. The zero-order chi connectivity index (χ0) is 18.6. The Morgan fingerprint density at radius 1 is 0.667 bits per heavy atom. The molecule has 0 aliphatic carbocycles. The summed E-state index contributed by atoms with van der Waals surface area (Å²) >= 11 is 0. The van der Waals surface area contributed by atoms with E-state index in [2.05, 4.69) is 18.2 Å². The molecule has 0 bridgehead atoms. The van der Waals surface area contributed by atoms with Crippen LogP contribution in [-0.2, 0) is 0 Å². The summed E-state index contributed by atoms with van der Waals surface area (Å²) in [5.74, 6) is 1.65. The van der Waals surface area contributed by atoms with Crippen LogP contribution in [0, 0.1) is 0 Å². The Balaban J connectivity index is 1.85. The van der Waals surface area contributed by atoms with E-state index < -0.39 is 0 Å². The molecule has 0 atom stereocenters. The summed E-state index contributed by atoms with van der Waals surface area (Å²) < 4.78 is 12.5. The van der Waals surface area contributed by atoms with Gasteiger partial charge in [0.15, 0.2) is 0 Å². The minimum Gasteiger partial charge on any atom is -0.497 e. The predicted octanol–water partition coefficient (Wildman–Crippen LogP) is 5.22. The molecule has 0 spiro atoms. The van der Waals surface area contributed by atoms with Gasteiger partial charge < -0.3 is 9.47 Å². The second kappa shape index (κ2) is 7.38. The third-order valence-corrected chi connectivity index (χ3v) is 4.48. The van der Waals surface area contributed by atoms with Gasteiger partial charge in [-0.15, -0.1) is 0 Å². The molecule has 4 heteroatoms. The Hall–Kier alpha value is -3.53. The van der Waals surface area contributed by atoms with E-state index in [0.717, 1.165) is 39.7 Å². The fraction of sp³-hybridized carbons (Fsp3) is 0.0870. The first kappa shape index (κ1) is 16.9. The van der Waals surface area contributed by atoms with Gasteiger partial charge in [0, 0.05) is 11.1 Å². The Labute approximate surface area is 158 Å². The Morgan fingerprint density at radius 3 is 1.85 bits per heavy atom. The maximum absolute atomic E-state index is 5.28. The molecule has 0 aliphatic rings. The lowest BCUT2D eigenvalue weighted by Crippen LogP contribution is -1.99. The number of nitrogens with zero attached hydrogens (tertiary/aromatic N) is 2. The second-order valence-corrected chi connectivity index (χ2v) is 6.12. The van der Waals surface area contributed by atoms with Gasteiger partial charge >= 0.3 is 0 Å². The molecule has 0 saturated heterocycles. The third kappa shape index (κ3) is 3.42. The van der Waals surface area contributed by atoms with Crippen LogP contribution in [-0.4, -0.2) is 24.0 Å². The summed E-state index contributed by atoms with van der Waals surface area (Å²) in [6, 6.07) is 28.2. The highest BCUT2D eigenvalue weighted by Crippen LogP contribution is 2.30. The number of hydrogen-bond donors (Lipinski definition) is 0. The molecular weight excluding hydrogens is 336 g/mol. The van der Waals surface area contributed by atoms with Gasteiger partial charge in [0.05, 0.1) is 31.3 Å². The fourth-order valence-electron chi connectivity index (χ4n) is 3.02. The smallest absolute Gasteiger partial charge is 0.119 e. The molecule has 0 unspecified atom stereocenters. The van der Waals surface area contributed by atoms with Gasteiger partial charge in [0.2, 0.25) is 0 Å².